The van der Waals surface area contributed by atoms with E-state index < -0.39 is 6.61 Å². The Hall–Kier alpha value is -2.17. The molecule has 0 heterocycles. The fraction of sp³-hybridized carbons (Fsp3) is 0.250. The van der Waals surface area contributed by atoms with E-state index in [-0.39, 0.29) is 17.6 Å². The van der Waals surface area contributed by atoms with E-state index in [0.29, 0.717) is 11.3 Å². The lowest BCUT2D eigenvalue weighted by Gasteiger charge is -2.17. The summed E-state index contributed by atoms with van der Waals surface area (Å²) in [5, 5.41) is 3.12. The van der Waals surface area contributed by atoms with Crippen LogP contribution < -0.4 is 10.1 Å². The third-order valence-corrected chi connectivity index (χ3v) is 3.14. The van der Waals surface area contributed by atoms with Gasteiger partial charge in [-0.05, 0) is 49.2 Å². The van der Waals surface area contributed by atoms with Gasteiger partial charge in [-0.2, -0.15) is 8.78 Å². The van der Waals surface area contributed by atoms with Gasteiger partial charge in [0, 0.05) is 11.7 Å². The fourth-order valence-electron chi connectivity index (χ4n) is 1.98. The average Bonchev–Trinajstić information content (AvgIpc) is 2.42. The van der Waals surface area contributed by atoms with Gasteiger partial charge in [-0.25, -0.2) is 4.39 Å². The van der Waals surface area contributed by atoms with E-state index in [1.807, 2.05) is 6.92 Å². The number of rotatable bonds is 5. The summed E-state index contributed by atoms with van der Waals surface area (Å²) in [7, 11) is 0. The summed E-state index contributed by atoms with van der Waals surface area (Å²) < 4.78 is 42.3. The Kier molecular flexibility index (Phi) is 4.73. The van der Waals surface area contributed by atoms with Crippen LogP contribution in [0, 0.1) is 12.7 Å². The zero-order valence-electron chi connectivity index (χ0n) is 11.7. The van der Waals surface area contributed by atoms with Crippen molar-refractivity contribution in [2.75, 3.05) is 5.32 Å². The van der Waals surface area contributed by atoms with Crippen LogP contribution >= 0.6 is 0 Å². The standard InChI is InChI=1S/C16H16F3NO/c1-10-6-7-13(9-15(10)17)20-11(2)12-4-3-5-14(8-12)21-16(18)19/h3-9,11,16,20H,1-2H3. The molecule has 2 aromatic rings. The Labute approximate surface area is 121 Å². The van der Waals surface area contributed by atoms with Gasteiger partial charge in [0.2, 0.25) is 0 Å². The molecule has 1 unspecified atom stereocenters. The molecule has 2 aromatic carbocycles. The van der Waals surface area contributed by atoms with E-state index in [0.717, 1.165) is 5.56 Å². The monoisotopic (exact) mass is 295 g/mol. The first-order valence-corrected chi connectivity index (χ1v) is 6.53. The molecule has 112 valence electrons. The Bertz CT molecular complexity index is 616. The van der Waals surface area contributed by atoms with Crippen molar-refractivity contribution in [3.8, 4) is 5.75 Å². The van der Waals surface area contributed by atoms with Crippen molar-refractivity contribution in [2.24, 2.45) is 0 Å². The first-order valence-electron chi connectivity index (χ1n) is 6.53. The van der Waals surface area contributed by atoms with Crippen LogP contribution in [0.15, 0.2) is 42.5 Å². The normalized spacial score (nSPS) is 12.3. The Morgan fingerprint density at radius 3 is 2.52 bits per heavy atom. The van der Waals surface area contributed by atoms with Gasteiger partial charge < -0.3 is 10.1 Å². The Balaban J connectivity index is 2.12. The smallest absolute Gasteiger partial charge is 0.387 e. The lowest BCUT2D eigenvalue weighted by molar-refractivity contribution is -0.0498. The molecule has 2 rings (SSSR count). The van der Waals surface area contributed by atoms with Gasteiger partial charge in [-0.3, -0.25) is 0 Å². The lowest BCUT2D eigenvalue weighted by Crippen LogP contribution is -2.08. The van der Waals surface area contributed by atoms with Gasteiger partial charge in [0.25, 0.3) is 0 Å². The third-order valence-electron chi connectivity index (χ3n) is 3.14. The number of benzene rings is 2. The molecular weight excluding hydrogens is 279 g/mol. The summed E-state index contributed by atoms with van der Waals surface area (Å²) in [5.74, 6) is -0.187. The average molecular weight is 295 g/mol. The van der Waals surface area contributed by atoms with Crippen LogP contribution in [0.2, 0.25) is 0 Å². The Morgan fingerprint density at radius 1 is 1.10 bits per heavy atom. The predicted octanol–water partition coefficient (Wildman–Crippen LogP) is 4.91. The zero-order chi connectivity index (χ0) is 15.4. The topological polar surface area (TPSA) is 21.3 Å². The van der Waals surface area contributed by atoms with Crippen LogP contribution in [0.1, 0.15) is 24.1 Å². The number of hydrogen-bond acceptors (Lipinski definition) is 2. The van der Waals surface area contributed by atoms with Crippen molar-refractivity contribution in [3.05, 3.63) is 59.4 Å². The largest absolute Gasteiger partial charge is 0.435 e. The molecule has 1 atom stereocenters. The maximum absolute atomic E-state index is 13.5. The molecule has 0 amide bonds. The maximum Gasteiger partial charge on any atom is 0.387 e. The second kappa shape index (κ2) is 6.52. The van der Waals surface area contributed by atoms with E-state index in [2.05, 4.69) is 10.1 Å². The van der Waals surface area contributed by atoms with Gasteiger partial charge in [-0.15, -0.1) is 0 Å². The highest BCUT2D eigenvalue weighted by atomic mass is 19.3. The van der Waals surface area contributed by atoms with E-state index in [1.165, 1.54) is 18.2 Å². The number of anilines is 1. The summed E-state index contributed by atoms with van der Waals surface area (Å²) in [6, 6.07) is 11.1. The van der Waals surface area contributed by atoms with E-state index in [9.17, 15) is 13.2 Å². The predicted molar refractivity (Wildman–Crippen MR) is 76.2 cm³/mol. The molecule has 0 saturated carbocycles. The minimum atomic E-state index is -2.85. The first-order chi connectivity index (χ1) is 9.95. The van der Waals surface area contributed by atoms with E-state index in [4.69, 9.17) is 0 Å². The summed E-state index contributed by atoms with van der Waals surface area (Å²) >= 11 is 0. The highest BCUT2D eigenvalue weighted by Gasteiger charge is 2.10. The van der Waals surface area contributed by atoms with E-state index >= 15 is 0 Å². The van der Waals surface area contributed by atoms with Crippen LogP contribution in [0.3, 0.4) is 0 Å². The molecule has 0 aliphatic heterocycles. The van der Waals surface area contributed by atoms with Gasteiger partial charge in [0.05, 0.1) is 0 Å². The molecule has 0 aliphatic rings. The van der Waals surface area contributed by atoms with Crippen molar-refractivity contribution in [3.63, 3.8) is 0 Å². The molecule has 5 heteroatoms. The number of nitrogens with one attached hydrogen (secondary N) is 1. The van der Waals surface area contributed by atoms with Crippen molar-refractivity contribution in [1.29, 1.82) is 0 Å². The molecule has 0 radical (unpaired) electrons. The van der Waals surface area contributed by atoms with Crippen LogP contribution in [-0.4, -0.2) is 6.61 Å². The second-order valence-electron chi connectivity index (χ2n) is 4.78. The quantitative estimate of drug-likeness (QED) is 0.846. The van der Waals surface area contributed by atoms with Crippen LogP contribution in [-0.2, 0) is 0 Å². The summed E-state index contributed by atoms with van der Waals surface area (Å²) in [6.45, 7) is 0.696. The molecule has 2 nitrogen and oxygen atoms in total. The molecular formula is C16H16F3NO. The molecule has 0 fully saturated rings. The van der Waals surface area contributed by atoms with Gasteiger partial charge in [0.15, 0.2) is 0 Å². The summed E-state index contributed by atoms with van der Waals surface area (Å²) in [4.78, 5) is 0. The minimum absolute atomic E-state index is 0.103. The van der Waals surface area contributed by atoms with Gasteiger partial charge >= 0.3 is 6.61 Å². The van der Waals surface area contributed by atoms with Gasteiger partial charge in [0.1, 0.15) is 11.6 Å². The molecule has 0 spiro atoms. The number of aryl methyl sites for hydroxylation is 1. The summed E-state index contributed by atoms with van der Waals surface area (Å²) in [5.41, 5.74) is 1.97. The van der Waals surface area contributed by atoms with Crippen LogP contribution in [0.4, 0.5) is 18.9 Å². The SMILES string of the molecule is Cc1ccc(NC(C)c2cccc(OC(F)F)c2)cc1F. The summed E-state index contributed by atoms with van der Waals surface area (Å²) in [6.07, 6.45) is 0. The highest BCUT2D eigenvalue weighted by Crippen LogP contribution is 2.24. The second-order valence-corrected chi connectivity index (χ2v) is 4.78. The van der Waals surface area contributed by atoms with Crippen molar-refractivity contribution in [2.45, 2.75) is 26.5 Å². The van der Waals surface area contributed by atoms with Gasteiger partial charge in [-0.1, -0.05) is 18.2 Å². The maximum atomic E-state index is 13.5. The third kappa shape index (κ3) is 4.15. The molecule has 0 saturated heterocycles. The molecule has 1 N–H and O–H groups in total. The van der Waals surface area contributed by atoms with Crippen molar-refractivity contribution >= 4 is 5.69 Å². The van der Waals surface area contributed by atoms with E-state index in [1.54, 1.807) is 31.2 Å². The van der Waals surface area contributed by atoms with Crippen molar-refractivity contribution < 1.29 is 17.9 Å². The fourth-order valence-corrected chi connectivity index (χ4v) is 1.98. The number of alkyl halides is 2. The Morgan fingerprint density at radius 2 is 1.86 bits per heavy atom. The number of hydrogen-bond donors (Lipinski definition) is 1. The zero-order valence-corrected chi connectivity index (χ0v) is 11.7. The molecule has 0 aliphatic carbocycles. The first kappa shape index (κ1) is 15.2. The number of ether oxygens (including phenoxy) is 1. The minimum Gasteiger partial charge on any atom is -0.435 e. The molecule has 0 aromatic heterocycles. The van der Waals surface area contributed by atoms with Crippen LogP contribution in [0.25, 0.3) is 0 Å². The van der Waals surface area contributed by atoms with Crippen molar-refractivity contribution in [1.82, 2.24) is 0 Å². The van der Waals surface area contributed by atoms with Crippen LogP contribution in [0.5, 0.6) is 5.75 Å². The lowest BCUT2D eigenvalue weighted by atomic mass is 10.1. The molecule has 21 heavy (non-hydrogen) atoms. The molecule has 0 bridgehead atoms. The highest BCUT2D eigenvalue weighted by molar-refractivity contribution is 5.47. The number of halogens is 3.